The minimum Gasteiger partial charge on any atom is -0.396 e. The second kappa shape index (κ2) is 8.10. The van der Waals surface area contributed by atoms with E-state index in [2.05, 4.69) is 10.1 Å². The number of aliphatic hydroxyl groups excluding tert-OH is 1. The number of amides is 1. The molecule has 0 radical (unpaired) electrons. The highest BCUT2D eigenvalue weighted by Crippen LogP contribution is 2.33. The summed E-state index contributed by atoms with van der Waals surface area (Å²) in [6, 6.07) is 9.64. The number of piperidine rings is 1. The van der Waals surface area contributed by atoms with Crippen LogP contribution in [0.1, 0.15) is 23.2 Å². The van der Waals surface area contributed by atoms with E-state index in [1.165, 1.54) is 0 Å². The quantitative estimate of drug-likeness (QED) is 0.886. The molecule has 0 aliphatic carbocycles. The fourth-order valence-electron chi connectivity index (χ4n) is 3.73. The van der Waals surface area contributed by atoms with Gasteiger partial charge in [0, 0.05) is 38.3 Å². The molecule has 144 valence electrons. The predicted molar refractivity (Wildman–Crippen MR) is 101 cm³/mol. The molecule has 0 atom stereocenters. The third-order valence-electron chi connectivity index (χ3n) is 5.39. The van der Waals surface area contributed by atoms with Crippen molar-refractivity contribution in [3.8, 4) is 11.3 Å². The van der Waals surface area contributed by atoms with Crippen molar-refractivity contribution in [3.05, 3.63) is 35.9 Å². The largest absolute Gasteiger partial charge is 0.396 e. The highest BCUT2D eigenvalue weighted by atomic mass is 16.5. The number of carbonyl (C=O) groups excluding carboxylic acids is 1. The summed E-state index contributed by atoms with van der Waals surface area (Å²) in [5.41, 5.74) is 1.38. The number of hydrogen-bond acceptors (Lipinski definition) is 6. The Morgan fingerprint density at radius 1 is 1.11 bits per heavy atom. The lowest BCUT2D eigenvalue weighted by atomic mass is 9.97. The SMILES string of the molecule is O=C(c1c(N2CCOCC2)noc1-c1ccccc1)N1CCC(CO)CC1. The number of aromatic nitrogens is 1. The van der Waals surface area contributed by atoms with E-state index in [-0.39, 0.29) is 18.4 Å². The molecule has 2 fully saturated rings. The van der Waals surface area contributed by atoms with Gasteiger partial charge in [-0.05, 0) is 18.8 Å². The van der Waals surface area contributed by atoms with E-state index in [1.807, 2.05) is 35.2 Å². The van der Waals surface area contributed by atoms with Gasteiger partial charge in [-0.15, -0.1) is 0 Å². The number of rotatable bonds is 4. The first-order chi connectivity index (χ1) is 13.3. The zero-order valence-electron chi connectivity index (χ0n) is 15.3. The Labute approximate surface area is 158 Å². The van der Waals surface area contributed by atoms with Crippen molar-refractivity contribution in [3.63, 3.8) is 0 Å². The van der Waals surface area contributed by atoms with E-state index in [0.717, 1.165) is 18.4 Å². The fraction of sp³-hybridized carbons (Fsp3) is 0.500. The Bertz CT molecular complexity index is 763. The molecule has 0 saturated carbocycles. The zero-order chi connectivity index (χ0) is 18.6. The Balaban J connectivity index is 1.67. The third kappa shape index (κ3) is 3.70. The molecule has 2 aromatic rings. The standard InChI is InChI=1S/C20H25N3O4/c24-14-15-6-8-23(9-7-15)20(25)17-18(16-4-2-1-3-5-16)27-21-19(17)22-10-12-26-13-11-22/h1-5,15,24H,6-14H2. The van der Waals surface area contributed by atoms with Gasteiger partial charge >= 0.3 is 0 Å². The Morgan fingerprint density at radius 2 is 1.81 bits per heavy atom. The van der Waals surface area contributed by atoms with Crippen LogP contribution in [0, 0.1) is 5.92 Å². The zero-order valence-corrected chi connectivity index (χ0v) is 15.3. The van der Waals surface area contributed by atoms with Crippen LogP contribution in [-0.2, 0) is 4.74 Å². The van der Waals surface area contributed by atoms with E-state index in [9.17, 15) is 9.90 Å². The first-order valence-corrected chi connectivity index (χ1v) is 9.56. The molecule has 4 rings (SSSR count). The Hall–Kier alpha value is -2.38. The smallest absolute Gasteiger partial charge is 0.261 e. The lowest BCUT2D eigenvalue weighted by molar-refractivity contribution is 0.0651. The number of nitrogens with zero attached hydrogens (tertiary/aromatic N) is 3. The van der Waals surface area contributed by atoms with Gasteiger partial charge in [0.1, 0.15) is 5.56 Å². The normalized spacial score (nSPS) is 18.7. The predicted octanol–water partition coefficient (Wildman–Crippen LogP) is 2.02. The number of carbonyl (C=O) groups is 1. The van der Waals surface area contributed by atoms with Crippen molar-refractivity contribution in [1.82, 2.24) is 10.1 Å². The average molecular weight is 371 g/mol. The molecule has 7 nitrogen and oxygen atoms in total. The maximum absolute atomic E-state index is 13.4. The van der Waals surface area contributed by atoms with Crippen molar-refractivity contribution >= 4 is 11.7 Å². The molecule has 27 heavy (non-hydrogen) atoms. The van der Waals surface area contributed by atoms with Gasteiger partial charge in [-0.25, -0.2) is 0 Å². The minimum atomic E-state index is -0.0482. The summed E-state index contributed by atoms with van der Waals surface area (Å²) in [6.07, 6.45) is 1.64. The summed E-state index contributed by atoms with van der Waals surface area (Å²) in [5.74, 6) is 1.36. The van der Waals surface area contributed by atoms with Crippen LogP contribution >= 0.6 is 0 Å². The van der Waals surface area contributed by atoms with Crippen LogP contribution in [0.25, 0.3) is 11.3 Å². The number of hydrogen-bond donors (Lipinski definition) is 1. The van der Waals surface area contributed by atoms with Crippen molar-refractivity contribution in [1.29, 1.82) is 0 Å². The van der Waals surface area contributed by atoms with Gasteiger partial charge < -0.3 is 24.2 Å². The van der Waals surface area contributed by atoms with Gasteiger partial charge in [0.25, 0.3) is 5.91 Å². The number of anilines is 1. The third-order valence-corrected chi connectivity index (χ3v) is 5.39. The summed E-state index contributed by atoms with van der Waals surface area (Å²) in [4.78, 5) is 17.3. The molecule has 1 aromatic carbocycles. The van der Waals surface area contributed by atoms with Gasteiger partial charge in [0.15, 0.2) is 11.6 Å². The Morgan fingerprint density at radius 3 is 2.48 bits per heavy atom. The van der Waals surface area contributed by atoms with E-state index in [1.54, 1.807) is 0 Å². The summed E-state index contributed by atoms with van der Waals surface area (Å²) in [7, 11) is 0. The van der Waals surface area contributed by atoms with Crippen LogP contribution in [0.4, 0.5) is 5.82 Å². The lowest BCUT2D eigenvalue weighted by Crippen LogP contribution is -2.41. The number of benzene rings is 1. The molecule has 7 heteroatoms. The van der Waals surface area contributed by atoms with Crippen LogP contribution < -0.4 is 4.90 Å². The number of likely N-dealkylation sites (tertiary alicyclic amines) is 1. The van der Waals surface area contributed by atoms with Crippen LogP contribution in [0.2, 0.25) is 0 Å². The van der Waals surface area contributed by atoms with E-state index in [4.69, 9.17) is 9.26 Å². The van der Waals surface area contributed by atoms with Gasteiger partial charge in [-0.3, -0.25) is 4.79 Å². The second-order valence-electron chi connectivity index (χ2n) is 7.09. The maximum atomic E-state index is 13.4. The van der Waals surface area contributed by atoms with Gasteiger partial charge in [-0.1, -0.05) is 35.5 Å². The summed E-state index contributed by atoms with van der Waals surface area (Å²) < 4.78 is 11.1. The van der Waals surface area contributed by atoms with Crippen LogP contribution in [-0.4, -0.2) is 67.1 Å². The monoisotopic (exact) mass is 371 g/mol. The number of morpholine rings is 1. The molecule has 1 N–H and O–H groups in total. The van der Waals surface area contributed by atoms with Crippen LogP contribution in [0.3, 0.4) is 0 Å². The van der Waals surface area contributed by atoms with Crippen LogP contribution in [0.15, 0.2) is 34.9 Å². The molecule has 1 amide bonds. The molecule has 2 saturated heterocycles. The molecular formula is C20H25N3O4. The average Bonchev–Trinajstić information content (AvgIpc) is 3.20. The van der Waals surface area contributed by atoms with Crippen molar-refractivity contribution < 1.29 is 19.2 Å². The highest BCUT2D eigenvalue weighted by Gasteiger charge is 2.33. The molecule has 3 heterocycles. The van der Waals surface area contributed by atoms with Crippen LogP contribution in [0.5, 0.6) is 0 Å². The van der Waals surface area contributed by atoms with Gasteiger partial charge in [0.05, 0.1) is 13.2 Å². The number of aliphatic hydroxyl groups is 1. The Kier molecular flexibility index (Phi) is 5.40. The van der Waals surface area contributed by atoms with E-state index < -0.39 is 0 Å². The molecule has 0 spiro atoms. The van der Waals surface area contributed by atoms with Gasteiger partial charge in [0.2, 0.25) is 0 Å². The molecule has 0 bridgehead atoms. The first-order valence-electron chi connectivity index (χ1n) is 9.56. The molecule has 2 aliphatic rings. The van der Waals surface area contributed by atoms with Crippen molar-refractivity contribution in [2.45, 2.75) is 12.8 Å². The summed E-state index contributed by atoms with van der Waals surface area (Å²) in [5, 5.41) is 13.6. The summed E-state index contributed by atoms with van der Waals surface area (Å²) >= 11 is 0. The lowest BCUT2D eigenvalue weighted by Gasteiger charge is -2.32. The van der Waals surface area contributed by atoms with E-state index >= 15 is 0 Å². The molecule has 1 aromatic heterocycles. The molecule has 0 unspecified atom stereocenters. The van der Waals surface area contributed by atoms with Crippen molar-refractivity contribution in [2.75, 3.05) is 50.9 Å². The molecular weight excluding hydrogens is 346 g/mol. The van der Waals surface area contributed by atoms with Gasteiger partial charge in [-0.2, -0.15) is 0 Å². The fourth-order valence-corrected chi connectivity index (χ4v) is 3.73. The second-order valence-corrected chi connectivity index (χ2v) is 7.09. The topological polar surface area (TPSA) is 79.0 Å². The highest BCUT2D eigenvalue weighted by molar-refractivity contribution is 6.04. The number of ether oxygens (including phenoxy) is 1. The first kappa shape index (κ1) is 18.0. The minimum absolute atomic E-state index is 0.0482. The van der Waals surface area contributed by atoms with Crippen molar-refractivity contribution in [2.24, 2.45) is 5.92 Å². The molecule has 2 aliphatic heterocycles. The maximum Gasteiger partial charge on any atom is 0.261 e. The summed E-state index contributed by atoms with van der Waals surface area (Å²) in [6.45, 7) is 4.08. The van der Waals surface area contributed by atoms with E-state index in [0.29, 0.717) is 56.5 Å².